The van der Waals surface area contributed by atoms with Crippen LogP contribution in [0.3, 0.4) is 0 Å². The zero-order valence-electron chi connectivity index (χ0n) is 39.1. The molecule has 328 valence electrons. The van der Waals surface area contributed by atoms with E-state index in [0.717, 1.165) is 0 Å². The van der Waals surface area contributed by atoms with E-state index in [2.05, 4.69) is 243 Å². The molecule has 0 aliphatic heterocycles. The van der Waals surface area contributed by atoms with Crippen LogP contribution < -0.4 is 0 Å². The first kappa shape index (κ1) is 38.5. The molecule has 0 spiro atoms. The topological polar surface area (TPSA) is 0 Å². The van der Waals surface area contributed by atoms with Crippen LogP contribution in [0.5, 0.6) is 0 Å². The minimum absolute atomic E-state index is 1.26. The van der Waals surface area contributed by atoms with Gasteiger partial charge in [-0.05, 0) is 175 Å². The Kier molecular flexibility index (Phi) is 7.55. The Morgan fingerprint density at radius 1 is 0.125 bits per heavy atom. The van der Waals surface area contributed by atoms with Gasteiger partial charge in [-0.15, -0.1) is 0 Å². The van der Waals surface area contributed by atoms with Gasteiger partial charge >= 0.3 is 0 Å². The average molecular weight is 905 g/mol. The molecule has 17 rings (SSSR count). The van der Waals surface area contributed by atoms with Gasteiger partial charge in [-0.25, -0.2) is 0 Å². The SMILES string of the molecule is c1ccc2c(-c3ccc(-c4cccc5ccccc45)c4c3-c3ccc5c6ccc7c8c(ccc(c9ccc-4c3c59)c86)-c3c(-c4cccc5ccccc45)ccc(-c4cccc5ccccc45)c3-7)cccc2c1. The van der Waals surface area contributed by atoms with Crippen molar-refractivity contribution in [2.45, 2.75) is 0 Å². The van der Waals surface area contributed by atoms with E-state index in [9.17, 15) is 0 Å². The predicted octanol–water partition coefficient (Wildman–Crippen LogP) is 20.3. The lowest BCUT2D eigenvalue weighted by Gasteiger charge is -2.18. The molecule has 15 aromatic rings. The summed E-state index contributed by atoms with van der Waals surface area (Å²) in [6.07, 6.45) is 0. The molecule has 0 atom stereocenters. The van der Waals surface area contributed by atoms with Crippen LogP contribution in [0.4, 0.5) is 0 Å². The second-order valence-electron chi connectivity index (χ2n) is 20.1. The Morgan fingerprint density at radius 2 is 0.347 bits per heavy atom. The minimum atomic E-state index is 1.26. The zero-order chi connectivity index (χ0) is 46.8. The third-order valence-corrected chi connectivity index (χ3v) is 16.7. The molecule has 0 saturated carbocycles. The Bertz CT molecular complexity index is 4280. The number of hydrogen-bond acceptors (Lipinski definition) is 0. The molecule has 15 aromatic carbocycles. The highest BCUT2D eigenvalue weighted by Crippen LogP contribution is 2.61. The fourth-order valence-electron chi connectivity index (χ4n) is 13.8. The van der Waals surface area contributed by atoms with E-state index in [1.807, 2.05) is 0 Å². The van der Waals surface area contributed by atoms with Crippen LogP contribution in [0.2, 0.25) is 0 Å². The Hall–Kier alpha value is -9.36. The summed E-state index contributed by atoms with van der Waals surface area (Å²) >= 11 is 0. The fraction of sp³-hybridized carbons (Fsp3) is 0. The Morgan fingerprint density at radius 3 is 0.611 bits per heavy atom. The van der Waals surface area contributed by atoms with Crippen LogP contribution in [0.25, 0.3) is 175 Å². The highest BCUT2D eigenvalue weighted by molar-refractivity contribution is 6.41. The summed E-state index contributed by atoms with van der Waals surface area (Å²) in [5, 5.41) is 20.8. The summed E-state index contributed by atoms with van der Waals surface area (Å²) < 4.78 is 0. The molecule has 0 nitrogen and oxygen atoms in total. The number of benzene rings is 15. The van der Waals surface area contributed by atoms with Crippen LogP contribution in [0, 0.1) is 0 Å². The van der Waals surface area contributed by atoms with Crippen molar-refractivity contribution < 1.29 is 0 Å². The largest absolute Gasteiger partial charge is 0.0616 e. The van der Waals surface area contributed by atoms with Crippen molar-refractivity contribution in [1.82, 2.24) is 0 Å². The van der Waals surface area contributed by atoms with Crippen molar-refractivity contribution in [2.75, 3.05) is 0 Å². The highest BCUT2D eigenvalue weighted by Gasteiger charge is 2.34. The lowest BCUT2D eigenvalue weighted by Crippen LogP contribution is -1.91. The zero-order valence-corrected chi connectivity index (χ0v) is 39.1. The van der Waals surface area contributed by atoms with Gasteiger partial charge in [0.25, 0.3) is 0 Å². The van der Waals surface area contributed by atoms with Crippen molar-refractivity contribution >= 4 is 86.2 Å². The van der Waals surface area contributed by atoms with E-state index in [1.165, 1.54) is 175 Å². The monoisotopic (exact) mass is 904 g/mol. The maximum absolute atomic E-state index is 2.46. The van der Waals surface area contributed by atoms with Crippen LogP contribution in [0.1, 0.15) is 0 Å². The fourth-order valence-corrected chi connectivity index (χ4v) is 13.8. The van der Waals surface area contributed by atoms with Gasteiger partial charge in [-0.2, -0.15) is 0 Å². The van der Waals surface area contributed by atoms with Crippen LogP contribution in [0.15, 0.2) is 243 Å². The summed E-state index contributed by atoms with van der Waals surface area (Å²) in [5.41, 5.74) is 20.7. The predicted molar refractivity (Wildman–Crippen MR) is 308 cm³/mol. The minimum Gasteiger partial charge on any atom is -0.0616 e. The van der Waals surface area contributed by atoms with E-state index >= 15 is 0 Å². The second-order valence-corrected chi connectivity index (χ2v) is 20.1. The van der Waals surface area contributed by atoms with Gasteiger partial charge < -0.3 is 0 Å². The molecule has 2 aliphatic rings. The number of hydrogen-bond donors (Lipinski definition) is 0. The molecule has 0 saturated heterocycles. The number of fused-ring (bicyclic) bond motifs is 12. The number of rotatable bonds is 4. The molecule has 0 radical (unpaired) electrons. The molecule has 0 heteroatoms. The molecule has 2 aliphatic carbocycles. The van der Waals surface area contributed by atoms with E-state index < -0.39 is 0 Å². The normalized spacial score (nSPS) is 12.4. The first-order valence-corrected chi connectivity index (χ1v) is 25.2. The van der Waals surface area contributed by atoms with Gasteiger partial charge in [0, 0.05) is 0 Å². The van der Waals surface area contributed by atoms with Crippen molar-refractivity contribution in [3.63, 3.8) is 0 Å². The van der Waals surface area contributed by atoms with Crippen molar-refractivity contribution in [3.8, 4) is 89.0 Å². The van der Waals surface area contributed by atoms with Gasteiger partial charge in [0.15, 0.2) is 0 Å². The first-order chi connectivity index (χ1) is 35.8. The molecule has 0 fully saturated rings. The summed E-state index contributed by atoms with van der Waals surface area (Å²) in [4.78, 5) is 0. The van der Waals surface area contributed by atoms with E-state index in [0.29, 0.717) is 0 Å². The molecular formula is C72H40. The maximum Gasteiger partial charge on any atom is -0.00134 e. The molecule has 72 heavy (non-hydrogen) atoms. The lowest BCUT2D eigenvalue weighted by molar-refractivity contribution is 1.62. The first-order valence-electron chi connectivity index (χ1n) is 25.2. The average Bonchev–Trinajstić information content (AvgIpc) is 3.98. The highest BCUT2D eigenvalue weighted by atomic mass is 14.4. The van der Waals surface area contributed by atoms with Gasteiger partial charge in [-0.1, -0.05) is 243 Å². The van der Waals surface area contributed by atoms with Crippen molar-refractivity contribution in [3.05, 3.63) is 243 Å². The second kappa shape index (κ2) is 14.1. The molecule has 0 heterocycles. The molecule has 0 amide bonds. The van der Waals surface area contributed by atoms with Crippen LogP contribution in [-0.2, 0) is 0 Å². The molecule has 0 unspecified atom stereocenters. The molecule has 0 aromatic heterocycles. The standard InChI is InChI=1S/C72H40/c1-5-21-45-41(13-1)17-9-25-49(45)53-29-30-54(50-26-10-18-42-14-2-6-22-46(42)50)68-62-38-34-58-60-36-40-64-70-56(52-28-12-20-44-16-4-8-24-48(44)52)32-31-55(51-27-11-19-43-15-3-7-23-47(43)51)69(70)63-39-35-59(66(60)72(63)64)57-33-37-61(67(53)68)71(62)65(57)58/h1-40H. The summed E-state index contributed by atoms with van der Waals surface area (Å²) in [6, 6.07) is 91.8. The van der Waals surface area contributed by atoms with Gasteiger partial charge in [0.05, 0.1) is 0 Å². The third-order valence-electron chi connectivity index (χ3n) is 16.7. The lowest BCUT2D eigenvalue weighted by atomic mass is 9.85. The van der Waals surface area contributed by atoms with Crippen molar-refractivity contribution in [1.29, 1.82) is 0 Å². The molecule has 0 N–H and O–H groups in total. The quantitative estimate of drug-likeness (QED) is 0.122. The third kappa shape index (κ3) is 4.95. The van der Waals surface area contributed by atoms with Gasteiger partial charge in [-0.3, -0.25) is 0 Å². The summed E-state index contributed by atoms with van der Waals surface area (Å²) in [7, 11) is 0. The van der Waals surface area contributed by atoms with Crippen LogP contribution in [-0.4, -0.2) is 0 Å². The van der Waals surface area contributed by atoms with E-state index in [1.54, 1.807) is 0 Å². The Labute approximate surface area is 415 Å². The Balaban J connectivity index is 0.969. The van der Waals surface area contributed by atoms with E-state index in [4.69, 9.17) is 0 Å². The van der Waals surface area contributed by atoms with Crippen LogP contribution >= 0.6 is 0 Å². The van der Waals surface area contributed by atoms with Crippen molar-refractivity contribution in [2.24, 2.45) is 0 Å². The molecular weight excluding hydrogens is 865 g/mol. The van der Waals surface area contributed by atoms with E-state index in [-0.39, 0.29) is 0 Å². The van der Waals surface area contributed by atoms with Gasteiger partial charge in [0.1, 0.15) is 0 Å². The summed E-state index contributed by atoms with van der Waals surface area (Å²) in [6.45, 7) is 0. The summed E-state index contributed by atoms with van der Waals surface area (Å²) in [5.74, 6) is 0. The smallest absolute Gasteiger partial charge is 0.00134 e. The molecule has 0 bridgehead atoms. The maximum atomic E-state index is 2.46. The van der Waals surface area contributed by atoms with Gasteiger partial charge in [0.2, 0.25) is 0 Å².